The van der Waals surface area contributed by atoms with Crippen LogP contribution < -0.4 is 9.64 Å². The van der Waals surface area contributed by atoms with Crippen LogP contribution in [0.25, 0.3) is 11.3 Å². The van der Waals surface area contributed by atoms with Crippen LogP contribution in [0.2, 0.25) is 0 Å². The standard InChI is InChI=1S/C38H40N8O3/c1-26(2)49-34-10-6-30(23-39-34)36-33-21-32(9-5-29(33)22-40-36)45-19-14-38(37(45)48)13-18-43(25-38)24-35(47)44-16-11-28(12-17-44)27-3-7-31(8-4-27)46-20-15-41-42-46/h3-11,15,20-21,23,26H,12-14,16-19,22,24-25H2,1-2H3/t38-/m0/s1. The van der Waals surface area contributed by atoms with E-state index in [4.69, 9.17) is 9.73 Å². The highest BCUT2D eigenvalue weighted by atomic mass is 16.5. The van der Waals surface area contributed by atoms with Gasteiger partial charge in [-0.25, -0.2) is 9.67 Å². The summed E-state index contributed by atoms with van der Waals surface area (Å²) in [6, 6.07) is 18.4. The number of carbonyl (C=O) groups excluding carboxylic acids is 2. The fraction of sp³-hybridized carbons (Fsp3) is 0.368. The summed E-state index contributed by atoms with van der Waals surface area (Å²) in [4.78, 5) is 42.8. The lowest BCUT2D eigenvalue weighted by molar-refractivity contribution is -0.132. The van der Waals surface area contributed by atoms with Crippen LogP contribution in [0.3, 0.4) is 0 Å². The zero-order chi connectivity index (χ0) is 33.5. The molecular weight excluding hydrogens is 616 g/mol. The van der Waals surface area contributed by atoms with Crippen molar-refractivity contribution in [1.82, 2.24) is 29.8 Å². The molecule has 11 heteroatoms. The largest absolute Gasteiger partial charge is 0.475 e. The second kappa shape index (κ2) is 12.7. The smallest absolute Gasteiger partial charge is 0.237 e. The van der Waals surface area contributed by atoms with Gasteiger partial charge in [0.05, 0.1) is 48.4 Å². The molecule has 0 aliphatic carbocycles. The van der Waals surface area contributed by atoms with Crippen molar-refractivity contribution in [3.63, 3.8) is 0 Å². The monoisotopic (exact) mass is 656 g/mol. The first-order valence-electron chi connectivity index (χ1n) is 17.1. The summed E-state index contributed by atoms with van der Waals surface area (Å²) in [7, 11) is 0. The number of carbonyl (C=O) groups is 2. The number of rotatable bonds is 8. The van der Waals surface area contributed by atoms with E-state index in [0.29, 0.717) is 45.1 Å². The molecule has 4 aromatic rings. The van der Waals surface area contributed by atoms with E-state index in [0.717, 1.165) is 65.1 Å². The molecule has 2 fully saturated rings. The van der Waals surface area contributed by atoms with Gasteiger partial charge in [-0.1, -0.05) is 29.5 Å². The highest BCUT2D eigenvalue weighted by molar-refractivity contribution is 6.16. The normalized spacial score (nSPS) is 20.7. The fourth-order valence-corrected chi connectivity index (χ4v) is 7.58. The molecule has 0 radical (unpaired) electrons. The van der Waals surface area contributed by atoms with Gasteiger partial charge in [-0.3, -0.25) is 19.5 Å². The quantitative estimate of drug-likeness (QED) is 0.274. The Kier molecular flexibility index (Phi) is 8.07. The van der Waals surface area contributed by atoms with Gasteiger partial charge in [0.2, 0.25) is 17.7 Å². The molecule has 250 valence electrons. The molecule has 0 N–H and O–H groups in total. The molecule has 11 nitrogen and oxygen atoms in total. The lowest BCUT2D eigenvalue weighted by atomic mass is 9.85. The van der Waals surface area contributed by atoms with Crippen LogP contribution in [0, 0.1) is 5.41 Å². The highest BCUT2D eigenvalue weighted by Crippen LogP contribution is 2.43. The van der Waals surface area contributed by atoms with Crippen molar-refractivity contribution < 1.29 is 14.3 Å². The van der Waals surface area contributed by atoms with Crippen molar-refractivity contribution in [1.29, 1.82) is 0 Å². The van der Waals surface area contributed by atoms with E-state index in [2.05, 4.69) is 50.5 Å². The summed E-state index contributed by atoms with van der Waals surface area (Å²) in [5.41, 5.74) is 7.86. The summed E-state index contributed by atoms with van der Waals surface area (Å²) in [6.45, 7) is 8.26. The van der Waals surface area contributed by atoms with Gasteiger partial charge in [0, 0.05) is 55.3 Å². The minimum atomic E-state index is -0.445. The Balaban J connectivity index is 0.880. The number of hydrogen-bond donors (Lipinski definition) is 0. The molecule has 8 rings (SSSR count). The van der Waals surface area contributed by atoms with Gasteiger partial charge < -0.3 is 14.5 Å². The number of anilines is 1. The lowest BCUT2D eigenvalue weighted by Crippen LogP contribution is -2.43. The third kappa shape index (κ3) is 6.03. The van der Waals surface area contributed by atoms with Crippen molar-refractivity contribution >= 4 is 28.8 Å². The second-order valence-corrected chi connectivity index (χ2v) is 13.7. The molecule has 2 saturated heterocycles. The number of pyridine rings is 1. The van der Waals surface area contributed by atoms with Crippen LogP contribution >= 0.6 is 0 Å². The van der Waals surface area contributed by atoms with Gasteiger partial charge in [-0.15, -0.1) is 5.10 Å². The average molecular weight is 657 g/mol. The maximum absolute atomic E-state index is 14.0. The maximum atomic E-state index is 14.0. The molecule has 2 aromatic heterocycles. The van der Waals surface area contributed by atoms with Gasteiger partial charge in [-0.05, 0) is 86.7 Å². The number of ether oxygens (including phenoxy) is 1. The summed E-state index contributed by atoms with van der Waals surface area (Å²) >= 11 is 0. The number of likely N-dealkylation sites (tertiary alicyclic amines) is 1. The zero-order valence-corrected chi connectivity index (χ0v) is 28.0. The van der Waals surface area contributed by atoms with E-state index in [9.17, 15) is 9.59 Å². The predicted octanol–water partition coefficient (Wildman–Crippen LogP) is 4.55. The number of aromatic nitrogens is 4. The molecule has 4 aliphatic rings. The number of nitrogens with zero attached hydrogens (tertiary/aromatic N) is 8. The first-order valence-corrected chi connectivity index (χ1v) is 17.1. The average Bonchev–Trinajstić information content (AvgIpc) is 3.94. The summed E-state index contributed by atoms with van der Waals surface area (Å²) in [6.07, 6.45) is 9.89. The minimum Gasteiger partial charge on any atom is -0.475 e. The molecular formula is C38H40N8O3. The van der Waals surface area contributed by atoms with E-state index in [-0.39, 0.29) is 17.9 Å². The Labute approximate surface area is 285 Å². The van der Waals surface area contributed by atoms with Crippen molar-refractivity contribution in [2.75, 3.05) is 44.2 Å². The molecule has 1 atom stereocenters. The van der Waals surface area contributed by atoms with E-state index in [1.54, 1.807) is 10.9 Å². The Morgan fingerprint density at radius 3 is 2.53 bits per heavy atom. The van der Waals surface area contributed by atoms with Crippen LogP contribution in [0.1, 0.15) is 55.4 Å². The van der Waals surface area contributed by atoms with Gasteiger partial charge in [0.1, 0.15) is 0 Å². The number of fused-ring (bicyclic) bond motifs is 1. The van der Waals surface area contributed by atoms with E-state index >= 15 is 0 Å². The summed E-state index contributed by atoms with van der Waals surface area (Å²) in [5, 5.41) is 7.92. The number of amides is 2. The topological polar surface area (TPSA) is 109 Å². The summed E-state index contributed by atoms with van der Waals surface area (Å²) in [5.74, 6) is 0.882. The third-order valence-electron chi connectivity index (χ3n) is 10.2. The second-order valence-electron chi connectivity index (χ2n) is 13.7. The van der Waals surface area contributed by atoms with Crippen molar-refractivity contribution in [3.8, 4) is 11.6 Å². The lowest BCUT2D eigenvalue weighted by Gasteiger charge is -2.29. The number of aliphatic imine (C=N–C) groups is 1. The molecule has 0 unspecified atom stereocenters. The maximum Gasteiger partial charge on any atom is 0.237 e. The van der Waals surface area contributed by atoms with E-state index in [1.807, 2.05) is 66.4 Å². The van der Waals surface area contributed by atoms with E-state index < -0.39 is 5.41 Å². The summed E-state index contributed by atoms with van der Waals surface area (Å²) < 4.78 is 7.45. The molecule has 0 saturated carbocycles. The highest BCUT2D eigenvalue weighted by Gasteiger charge is 2.51. The molecule has 2 amide bonds. The fourth-order valence-electron chi connectivity index (χ4n) is 7.58. The SMILES string of the molecule is CC(C)Oc1ccc(C2=NCc3ccc(N4CC[C@]5(CCN(CC(=O)N6CC=C(c7ccc(-n8ccnn8)cc7)CC6)C5)C4=O)cc32)cn1. The molecule has 1 spiro atoms. The van der Waals surface area contributed by atoms with Gasteiger partial charge in [0.25, 0.3) is 0 Å². The van der Waals surface area contributed by atoms with Gasteiger partial charge in [0.15, 0.2) is 0 Å². The first-order chi connectivity index (χ1) is 23.8. The predicted molar refractivity (Wildman–Crippen MR) is 187 cm³/mol. The molecule has 6 heterocycles. The van der Waals surface area contributed by atoms with Gasteiger partial charge in [-0.2, -0.15) is 0 Å². The van der Waals surface area contributed by atoms with Crippen LogP contribution in [0.15, 0.2) is 84.3 Å². The van der Waals surface area contributed by atoms with Crippen molar-refractivity contribution in [2.24, 2.45) is 10.4 Å². The first kappa shape index (κ1) is 31.1. The Bertz CT molecular complexity index is 1930. The Morgan fingerprint density at radius 1 is 0.980 bits per heavy atom. The number of benzene rings is 2. The minimum absolute atomic E-state index is 0.0582. The Morgan fingerprint density at radius 2 is 1.80 bits per heavy atom. The van der Waals surface area contributed by atoms with Crippen LogP contribution in [-0.4, -0.2) is 92.7 Å². The molecule has 4 aliphatic heterocycles. The van der Waals surface area contributed by atoms with Crippen molar-refractivity contribution in [2.45, 2.75) is 45.8 Å². The molecule has 49 heavy (non-hydrogen) atoms. The van der Waals surface area contributed by atoms with Crippen molar-refractivity contribution in [3.05, 3.63) is 102 Å². The number of hydrogen-bond acceptors (Lipinski definition) is 8. The third-order valence-corrected chi connectivity index (χ3v) is 10.2. The van der Waals surface area contributed by atoms with Crippen LogP contribution in [0.5, 0.6) is 5.88 Å². The van der Waals surface area contributed by atoms with Gasteiger partial charge >= 0.3 is 0 Å². The van der Waals surface area contributed by atoms with Crippen LogP contribution in [-0.2, 0) is 16.1 Å². The molecule has 0 bridgehead atoms. The zero-order valence-electron chi connectivity index (χ0n) is 28.0. The molecule has 2 aromatic carbocycles. The van der Waals surface area contributed by atoms with Crippen LogP contribution in [0.4, 0.5) is 5.69 Å². The van der Waals surface area contributed by atoms with E-state index in [1.165, 1.54) is 5.57 Å². The Hall–Kier alpha value is -5.16.